The lowest BCUT2D eigenvalue weighted by atomic mass is 10.1. The van der Waals surface area contributed by atoms with Crippen LogP contribution in [0, 0.1) is 0 Å². The maximum atomic E-state index is 13.0. The fourth-order valence-corrected chi connectivity index (χ4v) is 3.41. The molecule has 0 heterocycles. The summed E-state index contributed by atoms with van der Waals surface area (Å²) in [5, 5.41) is 0. The molecule has 0 N–H and O–H groups in total. The summed E-state index contributed by atoms with van der Waals surface area (Å²) in [7, 11) is 2.81. The van der Waals surface area contributed by atoms with Crippen LogP contribution in [0.2, 0.25) is 0 Å². The van der Waals surface area contributed by atoms with Crippen LogP contribution in [0.3, 0.4) is 0 Å². The largest absolute Gasteiger partial charge is 0.463 e. The number of carbonyl (C=O) groups excluding carboxylic acids is 3. The standard InChI is InChI=1S/C29H34O8/c1-6-35-27(30)20(2)14-13-19-24(37-29(32)26(34-5)23-17-11-8-12-18-23)21(3)36-28(31)25(33-4)22-15-9-7-10-16-22/h7-19,21,24-26H,6H2,1-5H3/t21-,24-,25-,26-/m0/s1. The van der Waals surface area contributed by atoms with Crippen molar-refractivity contribution in [1.82, 2.24) is 0 Å². The van der Waals surface area contributed by atoms with E-state index in [2.05, 4.69) is 0 Å². The molecule has 0 aliphatic heterocycles. The lowest BCUT2D eigenvalue weighted by Gasteiger charge is -2.25. The third-order valence-electron chi connectivity index (χ3n) is 5.37. The van der Waals surface area contributed by atoms with Gasteiger partial charge in [0.2, 0.25) is 0 Å². The van der Waals surface area contributed by atoms with Crippen LogP contribution in [0.25, 0.3) is 0 Å². The Hall–Kier alpha value is -3.75. The van der Waals surface area contributed by atoms with Crippen molar-refractivity contribution in [1.29, 1.82) is 0 Å². The van der Waals surface area contributed by atoms with Gasteiger partial charge in [-0.25, -0.2) is 14.4 Å². The lowest BCUT2D eigenvalue weighted by molar-refractivity contribution is -0.175. The molecule has 0 bridgehead atoms. The molecule has 0 aliphatic rings. The van der Waals surface area contributed by atoms with Gasteiger partial charge in [-0.15, -0.1) is 0 Å². The number of allylic oxidation sites excluding steroid dienone is 2. The summed E-state index contributed by atoms with van der Waals surface area (Å²) in [5.41, 5.74) is 1.60. The number of hydrogen-bond acceptors (Lipinski definition) is 8. The van der Waals surface area contributed by atoms with Crippen molar-refractivity contribution in [2.45, 2.75) is 45.2 Å². The van der Waals surface area contributed by atoms with Gasteiger partial charge in [0, 0.05) is 19.8 Å². The van der Waals surface area contributed by atoms with Gasteiger partial charge in [-0.2, -0.15) is 0 Å². The number of hydrogen-bond donors (Lipinski definition) is 0. The van der Waals surface area contributed by atoms with E-state index in [1.54, 1.807) is 75.4 Å². The highest BCUT2D eigenvalue weighted by atomic mass is 16.6. The first kappa shape index (κ1) is 29.5. The highest BCUT2D eigenvalue weighted by molar-refractivity contribution is 5.88. The fourth-order valence-electron chi connectivity index (χ4n) is 3.41. The van der Waals surface area contributed by atoms with E-state index < -0.39 is 42.3 Å². The molecule has 2 rings (SSSR count). The molecule has 0 radical (unpaired) electrons. The van der Waals surface area contributed by atoms with E-state index in [1.807, 2.05) is 12.1 Å². The van der Waals surface area contributed by atoms with Crippen molar-refractivity contribution in [3.8, 4) is 0 Å². The SMILES string of the molecule is CCOC(=O)C(C)=CC=C[C@H](OC(=O)[C@@H](OC)c1ccccc1)[C@H](C)OC(=O)[C@@H](OC)c1ccccc1. The molecule has 8 heteroatoms. The van der Waals surface area contributed by atoms with Crippen LogP contribution in [0.5, 0.6) is 0 Å². The topological polar surface area (TPSA) is 97.4 Å². The number of carbonyl (C=O) groups is 3. The van der Waals surface area contributed by atoms with Crippen molar-refractivity contribution < 1.29 is 38.1 Å². The Morgan fingerprint density at radius 3 is 1.76 bits per heavy atom. The van der Waals surface area contributed by atoms with E-state index in [-0.39, 0.29) is 6.61 Å². The number of ether oxygens (including phenoxy) is 5. The van der Waals surface area contributed by atoms with Crippen molar-refractivity contribution in [2.24, 2.45) is 0 Å². The maximum Gasteiger partial charge on any atom is 0.340 e. The van der Waals surface area contributed by atoms with E-state index in [0.29, 0.717) is 16.7 Å². The first-order valence-corrected chi connectivity index (χ1v) is 11.9. The maximum absolute atomic E-state index is 13.0. The van der Waals surface area contributed by atoms with Gasteiger partial charge in [-0.05, 0) is 38.0 Å². The number of methoxy groups -OCH3 is 2. The molecule has 2 aromatic carbocycles. The van der Waals surface area contributed by atoms with Gasteiger partial charge in [0.1, 0.15) is 6.10 Å². The second-order valence-corrected chi connectivity index (χ2v) is 8.05. The molecule has 0 saturated heterocycles. The van der Waals surface area contributed by atoms with E-state index in [9.17, 15) is 14.4 Å². The summed E-state index contributed by atoms with van der Waals surface area (Å²) in [6, 6.07) is 17.8. The Labute approximate surface area is 217 Å². The van der Waals surface area contributed by atoms with Crippen LogP contribution < -0.4 is 0 Å². The highest BCUT2D eigenvalue weighted by Crippen LogP contribution is 2.23. The minimum atomic E-state index is -0.989. The van der Waals surface area contributed by atoms with E-state index in [4.69, 9.17) is 23.7 Å². The van der Waals surface area contributed by atoms with E-state index >= 15 is 0 Å². The predicted octanol–water partition coefficient (Wildman–Crippen LogP) is 4.67. The third-order valence-corrected chi connectivity index (χ3v) is 5.37. The second-order valence-electron chi connectivity index (χ2n) is 8.05. The van der Waals surface area contributed by atoms with Gasteiger partial charge in [0.05, 0.1) is 6.61 Å². The Kier molecular flexibility index (Phi) is 12.3. The minimum absolute atomic E-state index is 0.251. The molecule has 0 aromatic heterocycles. The molecule has 0 spiro atoms. The second kappa shape index (κ2) is 15.4. The monoisotopic (exact) mass is 510 g/mol. The molecule has 2 aromatic rings. The molecule has 0 fully saturated rings. The van der Waals surface area contributed by atoms with Crippen LogP contribution in [0.4, 0.5) is 0 Å². The average Bonchev–Trinajstić information content (AvgIpc) is 2.90. The third kappa shape index (κ3) is 9.00. The van der Waals surface area contributed by atoms with Gasteiger partial charge in [-0.3, -0.25) is 0 Å². The van der Waals surface area contributed by atoms with Gasteiger partial charge in [0.15, 0.2) is 18.3 Å². The van der Waals surface area contributed by atoms with E-state index in [0.717, 1.165) is 0 Å². The Bertz CT molecular complexity index is 1060. The van der Waals surface area contributed by atoms with Crippen molar-refractivity contribution >= 4 is 17.9 Å². The smallest absolute Gasteiger partial charge is 0.340 e. The Balaban J connectivity index is 2.25. The van der Waals surface area contributed by atoms with Gasteiger partial charge in [0.25, 0.3) is 0 Å². The fraction of sp³-hybridized carbons (Fsp3) is 0.345. The van der Waals surface area contributed by atoms with Crippen LogP contribution in [0.15, 0.2) is 84.5 Å². The molecular weight excluding hydrogens is 476 g/mol. The van der Waals surface area contributed by atoms with E-state index in [1.165, 1.54) is 26.4 Å². The molecule has 8 nitrogen and oxygen atoms in total. The highest BCUT2D eigenvalue weighted by Gasteiger charge is 2.30. The predicted molar refractivity (Wildman–Crippen MR) is 137 cm³/mol. The Morgan fingerprint density at radius 1 is 0.811 bits per heavy atom. The Morgan fingerprint density at radius 2 is 1.30 bits per heavy atom. The molecule has 37 heavy (non-hydrogen) atoms. The normalized spacial score (nSPS) is 14.9. The van der Waals surface area contributed by atoms with Gasteiger partial charge >= 0.3 is 17.9 Å². The number of benzene rings is 2. The van der Waals surface area contributed by atoms with Crippen LogP contribution >= 0.6 is 0 Å². The number of rotatable bonds is 13. The summed E-state index contributed by atoms with van der Waals surface area (Å²) in [5.74, 6) is -1.77. The molecule has 0 unspecified atom stereocenters. The summed E-state index contributed by atoms with van der Waals surface area (Å²) in [6.07, 6.45) is 0.792. The minimum Gasteiger partial charge on any atom is -0.463 e. The first-order valence-electron chi connectivity index (χ1n) is 11.9. The summed E-state index contributed by atoms with van der Waals surface area (Å²) < 4.78 is 27.1. The molecule has 0 amide bonds. The summed E-state index contributed by atoms with van der Waals surface area (Å²) in [4.78, 5) is 37.9. The molecular formula is C29H34O8. The van der Waals surface area contributed by atoms with Crippen molar-refractivity contribution in [3.05, 3.63) is 95.6 Å². The first-order chi connectivity index (χ1) is 17.8. The molecule has 4 atom stereocenters. The molecule has 0 aliphatic carbocycles. The number of esters is 3. The van der Waals surface area contributed by atoms with Gasteiger partial charge in [-0.1, -0.05) is 72.8 Å². The lowest BCUT2D eigenvalue weighted by Crippen LogP contribution is -2.35. The molecule has 0 saturated carbocycles. The summed E-state index contributed by atoms with van der Waals surface area (Å²) in [6.45, 7) is 5.17. The van der Waals surface area contributed by atoms with Crippen LogP contribution in [-0.2, 0) is 38.1 Å². The van der Waals surface area contributed by atoms with Gasteiger partial charge < -0.3 is 23.7 Å². The zero-order valence-corrected chi connectivity index (χ0v) is 21.8. The molecule has 198 valence electrons. The zero-order valence-electron chi connectivity index (χ0n) is 21.8. The summed E-state index contributed by atoms with van der Waals surface area (Å²) >= 11 is 0. The van der Waals surface area contributed by atoms with Crippen LogP contribution in [0.1, 0.15) is 44.1 Å². The van der Waals surface area contributed by atoms with Crippen LogP contribution in [-0.4, -0.2) is 50.9 Å². The van der Waals surface area contributed by atoms with Crippen molar-refractivity contribution in [2.75, 3.05) is 20.8 Å². The zero-order chi connectivity index (χ0) is 27.2. The average molecular weight is 511 g/mol. The van der Waals surface area contributed by atoms with Crippen molar-refractivity contribution in [3.63, 3.8) is 0 Å². The quantitative estimate of drug-likeness (QED) is 0.166.